The van der Waals surface area contributed by atoms with Crippen molar-refractivity contribution < 1.29 is 4.79 Å². The van der Waals surface area contributed by atoms with Gasteiger partial charge in [-0.15, -0.1) is 11.3 Å². The summed E-state index contributed by atoms with van der Waals surface area (Å²) in [4.78, 5) is 12.9. The molecule has 5 heteroatoms. The highest BCUT2D eigenvalue weighted by molar-refractivity contribution is 7.10. The molecule has 0 radical (unpaired) electrons. The molecule has 0 aliphatic heterocycles. The van der Waals surface area contributed by atoms with Crippen LogP contribution in [0, 0.1) is 0 Å². The second kappa shape index (κ2) is 5.17. The Balaban J connectivity index is 1.54. The highest BCUT2D eigenvalue weighted by Crippen LogP contribution is 2.39. The Kier molecular flexibility index (Phi) is 3.38. The molecule has 2 aromatic rings. The fourth-order valence-corrected chi connectivity index (χ4v) is 2.92. The minimum absolute atomic E-state index is 0.0566. The number of amides is 1. The van der Waals surface area contributed by atoms with Crippen LogP contribution < -0.4 is 5.32 Å². The number of hydrogen-bond donors (Lipinski definition) is 1. The molecule has 19 heavy (non-hydrogen) atoms. The normalized spacial score (nSPS) is 14.6. The van der Waals surface area contributed by atoms with Gasteiger partial charge in [0.2, 0.25) is 5.91 Å². The summed E-state index contributed by atoms with van der Waals surface area (Å²) in [6, 6.07) is 6.06. The second-order valence-electron chi connectivity index (χ2n) is 4.99. The Morgan fingerprint density at radius 1 is 1.58 bits per heavy atom. The molecule has 100 valence electrons. The van der Waals surface area contributed by atoms with E-state index in [2.05, 4.69) is 16.5 Å². The fourth-order valence-electron chi connectivity index (χ4n) is 2.21. The molecule has 1 amide bonds. The van der Waals surface area contributed by atoms with Crippen LogP contribution in [-0.2, 0) is 24.8 Å². The summed E-state index contributed by atoms with van der Waals surface area (Å²) < 4.78 is 1.94. The standard InChI is InChI=1S/C14H17N3OS/c1-17-13(10-4-5-10)7-11(16-17)9-15-14(18)8-12-3-2-6-19-12/h2-3,6-7,10H,4-5,8-9H2,1H3,(H,15,18). The first-order chi connectivity index (χ1) is 9.22. The van der Waals surface area contributed by atoms with E-state index in [0.29, 0.717) is 18.9 Å². The van der Waals surface area contributed by atoms with Gasteiger partial charge in [-0.25, -0.2) is 0 Å². The molecule has 3 rings (SSSR count). The lowest BCUT2D eigenvalue weighted by Crippen LogP contribution is -2.24. The highest BCUT2D eigenvalue weighted by Gasteiger charge is 2.27. The molecule has 0 spiro atoms. The van der Waals surface area contributed by atoms with Crippen LogP contribution in [0.25, 0.3) is 0 Å². The third-order valence-electron chi connectivity index (χ3n) is 3.34. The van der Waals surface area contributed by atoms with E-state index in [9.17, 15) is 4.79 Å². The van der Waals surface area contributed by atoms with Crippen LogP contribution in [0.2, 0.25) is 0 Å². The smallest absolute Gasteiger partial charge is 0.225 e. The quantitative estimate of drug-likeness (QED) is 0.909. The van der Waals surface area contributed by atoms with Crippen LogP contribution in [-0.4, -0.2) is 15.7 Å². The zero-order chi connectivity index (χ0) is 13.2. The largest absolute Gasteiger partial charge is 0.350 e. The summed E-state index contributed by atoms with van der Waals surface area (Å²) in [5.74, 6) is 0.745. The molecule has 0 atom stereocenters. The van der Waals surface area contributed by atoms with E-state index in [-0.39, 0.29) is 5.91 Å². The van der Waals surface area contributed by atoms with Gasteiger partial charge in [0.15, 0.2) is 0 Å². The first kappa shape index (κ1) is 12.4. The lowest BCUT2D eigenvalue weighted by Gasteiger charge is -2.01. The number of aromatic nitrogens is 2. The first-order valence-corrected chi connectivity index (χ1v) is 7.42. The maximum Gasteiger partial charge on any atom is 0.225 e. The van der Waals surface area contributed by atoms with Gasteiger partial charge in [0, 0.05) is 23.5 Å². The number of rotatable bonds is 5. The molecule has 0 bridgehead atoms. The van der Waals surface area contributed by atoms with E-state index >= 15 is 0 Å². The van der Waals surface area contributed by atoms with E-state index in [0.717, 1.165) is 10.6 Å². The number of carbonyl (C=O) groups excluding carboxylic acids is 1. The summed E-state index contributed by atoms with van der Waals surface area (Å²) in [6.45, 7) is 0.519. The van der Waals surface area contributed by atoms with Gasteiger partial charge in [-0.3, -0.25) is 9.48 Å². The maximum atomic E-state index is 11.8. The monoisotopic (exact) mass is 275 g/mol. The lowest BCUT2D eigenvalue weighted by molar-refractivity contribution is -0.120. The van der Waals surface area contributed by atoms with Crippen molar-refractivity contribution in [1.29, 1.82) is 0 Å². The Morgan fingerprint density at radius 3 is 3.11 bits per heavy atom. The van der Waals surface area contributed by atoms with Gasteiger partial charge in [-0.2, -0.15) is 5.10 Å². The summed E-state index contributed by atoms with van der Waals surface area (Å²) >= 11 is 1.61. The molecule has 1 aliphatic rings. The molecule has 1 fully saturated rings. The van der Waals surface area contributed by atoms with Crippen LogP contribution in [0.3, 0.4) is 0 Å². The van der Waals surface area contributed by atoms with Crippen LogP contribution in [0.1, 0.15) is 35.0 Å². The average molecular weight is 275 g/mol. The van der Waals surface area contributed by atoms with Crippen molar-refractivity contribution >= 4 is 17.2 Å². The number of hydrogen-bond acceptors (Lipinski definition) is 3. The van der Waals surface area contributed by atoms with Gasteiger partial charge in [0.1, 0.15) is 0 Å². The van der Waals surface area contributed by atoms with E-state index in [1.54, 1.807) is 11.3 Å². The van der Waals surface area contributed by atoms with Gasteiger partial charge in [0.25, 0.3) is 0 Å². The molecule has 0 aromatic carbocycles. The van der Waals surface area contributed by atoms with Crippen molar-refractivity contribution in [2.24, 2.45) is 7.05 Å². The van der Waals surface area contributed by atoms with Crippen LogP contribution >= 0.6 is 11.3 Å². The van der Waals surface area contributed by atoms with Crippen molar-refractivity contribution in [2.75, 3.05) is 0 Å². The lowest BCUT2D eigenvalue weighted by atomic mass is 10.2. The highest BCUT2D eigenvalue weighted by atomic mass is 32.1. The number of nitrogens with zero attached hydrogens (tertiary/aromatic N) is 2. The molecule has 0 unspecified atom stereocenters. The molecule has 0 saturated heterocycles. The number of nitrogens with one attached hydrogen (secondary N) is 1. The number of aryl methyl sites for hydroxylation is 1. The van der Waals surface area contributed by atoms with Crippen molar-refractivity contribution in [3.8, 4) is 0 Å². The Labute approximate surface area is 116 Å². The zero-order valence-corrected chi connectivity index (χ0v) is 11.7. The Bertz CT molecular complexity index is 570. The van der Waals surface area contributed by atoms with Crippen molar-refractivity contribution in [3.63, 3.8) is 0 Å². The van der Waals surface area contributed by atoms with Gasteiger partial charge in [-0.1, -0.05) is 6.07 Å². The van der Waals surface area contributed by atoms with E-state index < -0.39 is 0 Å². The molecule has 2 aromatic heterocycles. The zero-order valence-electron chi connectivity index (χ0n) is 10.9. The molecular formula is C14H17N3OS. The molecule has 1 aliphatic carbocycles. The summed E-state index contributed by atoms with van der Waals surface area (Å²) in [5, 5.41) is 9.36. The summed E-state index contributed by atoms with van der Waals surface area (Å²) in [5.41, 5.74) is 2.24. The van der Waals surface area contributed by atoms with Crippen molar-refractivity contribution in [1.82, 2.24) is 15.1 Å². The second-order valence-corrected chi connectivity index (χ2v) is 6.02. The van der Waals surface area contributed by atoms with Gasteiger partial charge >= 0.3 is 0 Å². The molecule has 1 N–H and O–H groups in total. The third-order valence-corrected chi connectivity index (χ3v) is 4.22. The fraction of sp³-hybridized carbons (Fsp3) is 0.429. The Morgan fingerprint density at radius 2 is 2.42 bits per heavy atom. The minimum Gasteiger partial charge on any atom is -0.350 e. The van der Waals surface area contributed by atoms with Crippen LogP contribution in [0.4, 0.5) is 0 Å². The van der Waals surface area contributed by atoms with Gasteiger partial charge < -0.3 is 5.32 Å². The van der Waals surface area contributed by atoms with Crippen LogP contribution in [0.15, 0.2) is 23.6 Å². The maximum absolute atomic E-state index is 11.8. The summed E-state index contributed by atoms with van der Waals surface area (Å²) in [7, 11) is 1.98. The number of carbonyl (C=O) groups is 1. The Hall–Kier alpha value is -1.62. The predicted molar refractivity (Wildman–Crippen MR) is 75.1 cm³/mol. The molecule has 2 heterocycles. The molecular weight excluding hydrogens is 258 g/mol. The van der Waals surface area contributed by atoms with Crippen molar-refractivity contribution in [3.05, 3.63) is 39.8 Å². The van der Waals surface area contributed by atoms with Crippen LogP contribution in [0.5, 0.6) is 0 Å². The average Bonchev–Trinajstić information content (AvgIpc) is 2.97. The minimum atomic E-state index is 0.0566. The summed E-state index contributed by atoms with van der Waals surface area (Å²) in [6.07, 6.45) is 2.99. The van der Waals surface area contributed by atoms with E-state index in [1.807, 2.05) is 29.2 Å². The third kappa shape index (κ3) is 3.04. The predicted octanol–water partition coefficient (Wildman–Crippen LogP) is 2.22. The molecule has 4 nitrogen and oxygen atoms in total. The van der Waals surface area contributed by atoms with Gasteiger partial charge in [0.05, 0.1) is 18.7 Å². The number of thiophene rings is 1. The SMILES string of the molecule is Cn1nc(CNC(=O)Cc2cccs2)cc1C1CC1. The van der Waals surface area contributed by atoms with Gasteiger partial charge in [-0.05, 0) is 30.4 Å². The molecule has 1 saturated carbocycles. The van der Waals surface area contributed by atoms with E-state index in [1.165, 1.54) is 18.5 Å². The topological polar surface area (TPSA) is 46.9 Å². The van der Waals surface area contributed by atoms with Crippen molar-refractivity contribution in [2.45, 2.75) is 31.7 Å². The van der Waals surface area contributed by atoms with E-state index in [4.69, 9.17) is 0 Å². The first-order valence-electron chi connectivity index (χ1n) is 6.54.